The van der Waals surface area contributed by atoms with Crippen molar-refractivity contribution in [1.82, 2.24) is 0 Å². The van der Waals surface area contributed by atoms with E-state index < -0.39 is 0 Å². The smallest absolute Gasteiger partial charge is 0.155 e. The molecule has 0 aliphatic carbocycles. The summed E-state index contributed by atoms with van der Waals surface area (Å²) in [6.07, 6.45) is 13.9. The second-order valence-electron chi connectivity index (χ2n) is 10.4. The van der Waals surface area contributed by atoms with Gasteiger partial charge < -0.3 is 4.74 Å². The summed E-state index contributed by atoms with van der Waals surface area (Å²) in [4.78, 5) is 0. The number of ether oxygens (including phenoxy) is 1. The molecule has 3 rings (SSSR count). The van der Waals surface area contributed by atoms with Gasteiger partial charge in [-0.15, -0.1) is 11.8 Å². The SMILES string of the molecule is CCCCCCCCCCCCS[C@H]1Oc2ccc(C(C)(C)C)cc2[C@@H]1c1ccccc1. The van der Waals surface area contributed by atoms with E-state index in [2.05, 4.69) is 76.2 Å². The minimum atomic E-state index is 0.150. The van der Waals surface area contributed by atoms with Crippen molar-refractivity contribution in [2.45, 2.75) is 109 Å². The van der Waals surface area contributed by atoms with E-state index in [4.69, 9.17) is 4.74 Å². The molecule has 2 heteroatoms. The molecular weight excluding hydrogens is 408 g/mol. The number of fused-ring (bicyclic) bond motifs is 1. The van der Waals surface area contributed by atoms with Crippen LogP contribution < -0.4 is 4.74 Å². The average Bonchev–Trinajstić information content (AvgIpc) is 3.15. The molecule has 2 aromatic rings. The Bertz CT molecular complexity index is 792. The molecule has 0 spiro atoms. The maximum atomic E-state index is 6.50. The highest BCUT2D eigenvalue weighted by Gasteiger charge is 2.36. The highest BCUT2D eigenvalue weighted by molar-refractivity contribution is 7.99. The summed E-state index contributed by atoms with van der Waals surface area (Å²) in [5.41, 5.74) is 4.46. The fourth-order valence-corrected chi connectivity index (χ4v) is 5.89. The van der Waals surface area contributed by atoms with Gasteiger partial charge in [-0.2, -0.15) is 0 Å². The third-order valence-corrected chi connectivity index (χ3v) is 7.89. The zero-order valence-electron chi connectivity index (χ0n) is 20.9. The van der Waals surface area contributed by atoms with Crippen molar-refractivity contribution in [2.24, 2.45) is 0 Å². The fraction of sp³-hybridized carbons (Fsp3) is 0.600. The molecule has 2 aromatic carbocycles. The van der Waals surface area contributed by atoms with Gasteiger partial charge in [-0.25, -0.2) is 0 Å². The summed E-state index contributed by atoms with van der Waals surface area (Å²) in [6, 6.07) is 17.8. The molecule has 0 N–H and O–H groups in total. The lowest BCUT2D eigenvalue weighted by molar-refractivity contribution is 0.308. The van der Waals surface area contributed by atoms with Crippen molar-refractivity contribution < 1.29 is 4.74 Å². The van der Waals surface area contributed by atoms with E-state index in [1.807, 2.05) is 11.8 Å². The van der Waals surface area contributed by atoms with Crippen molar-refractivity contribution in [1.29, 1.82) is 0 Å². The van der Waals surface area contributed by atoms with E-state index in [1.165, 1.54) is 86.7 Å². The maximum Gasteiger partial charge on any atom is 0.155 e. The summed E-state index contributed by atoms with van der Waals surface area (Å²) in [5, 5.41) is 0. The Balaban J connectivity index is 1.50. The first-order valence-electron chi connectivity index (χ1n) is 13.0. The van der Waals surface area contributed by atoms with Crippen molar-refractivity contribution in [3.63, 3.8) is 0 Å². The van der Waals surface area contributed by atoms with Gasteiger partial charge in [0, 0.05) is 5.56 Å². The van der Waals surface area contributed by atoms with Gasteiger partial charge in [0.25, 0.3) is 0 Å². The highest BCUT2D eigenvalue weighted by atomic mass is 32.2. The highest BCUT2D eigenvalue weighted by Crippen LogP contribution is 2.47. The van der Waals surface area contributed by atoms with Crippen LogP contribution in [0.5, 0.6) is 5.75 Å². The molecule has 2 atom stereocenters. The Morgan fingerprint density at radius 2 is 1.41 bits per heavy atom. The third-order valence-electron chi connectivity index (χ3n) is 6.66. The Morgan fingerprint density at radius 1 is 0.781 bits per heavy atom. The number of thioether (sulfide) groups is 1. The van der Waals surface area contributed by atoms with Crippen LogP contribution >= 0.6 is 11.8 Å². The number of benzene rings is 2. The van der Waals surface area contributed by atoms with E-state index in [1.54, 1.807) is 0 Å². The molecule has 1 nitrogen and oxygen atoms in total. The second kappa shape index (κ2) is 12.7. The standard InChI is InChI=1S/C30H44OS/c1-5-6-7-8-9-10-11-12-13-17-22-32-29-28(24-18-15-14-16-19-24)26-23-25(30(2,3)4)20-21-27(26)31-29/h14-16,18-21,23,28-29H,5-13,17,22H2,1-4H3/t28-,29+/m0/s1. The summed E-state index contributed by atoms with van der Waals surface area (Å²) >= 11 is 2.01. The van der Waals surface area contributed by atoms with Gasteiger partial charge in [0.1, 0.15) is 5.75 Å². The molecule has 0 bridgehead atoms. The van der Waals surface area contributed by atoms with Crippen molar-refractivity contribution in [3.05, 3.63) is 65.2 Å². The molecular formula is C30H44OS. The monoisotopic (exact) mass is 452 g/mol. The first-order valence-corrected chi connectivity index (χ1v) is 14.0. The first kappa shape index (κ1) is 25.2. The molecule has 0 amide bonds. The van der Waals surface area contributed by atoms with Gasteiger partial charge in [0.2, 0.25) is 0 Å². The molecule has 0 saturated carbocycles. The normalized spacial score (nSPS) is 17.9. The second-order valence-corrected chi connectivity index (χ2v) is 11.6. The van der Waals surface area contributed by atoms with Crippen LogP contribution in [-0.4, -0.2) is 11.2 Å². The Morgan fingerprint density at radius 3 is 2.03 bits per heavy atom. The van der Waals surface area contributed by atoms with Crippen LogP contribution in [0, 0.1) is 0 Å². The summed E-state index contributed by atoms with van der Waals surface area (Å²) < 4.78 is 6.50. The molecule has 1 aliphatic rings. The minimum Gasteiger partial charge on any atom is -0.478 e. The molecule has 1 heterocycles. The number of unbranched alkanes of at least 4 members (excludes halogenated alkanes) is 9. The third kappa shape index (κ3) is 7.30. The van der Waals surface area contributed by atoms with Gasteiger partial charge in [0.15, 0.2) is 5.44 Å². The van der Waals surface area contributed by atoms with Crippen LogP contribution in [0.2, 0.25) is 0 Å². The predicted octanol–water partition coefficient (Wildman–Crippen LogP) is 9.49. The van der Waals surface area contributed by atoms with Gasteiger partial charge in [0.05, 0.1) is 5.92 Å². The van der Waals surface area contributed by atoms with E-state index in [0.717, 1.165) is 5.75 Å². The van der Waals surface area contributed by atoms with Gasteiger partial charge in [-0.05, 0) is 34.8 Å². The van der Waals surface area contributed by atoms with Crippen molar-refractivity contribution in [3.8, 4) is 5.75 Å². The number of hydrogen-bond acceptors (Lipinski definition) is 2. The van der Waals surface area contributed by atoms with Crippen LogP contribution in [0.4, 0.5) is 0 Å². The Kier molecular flexibility index (Phi) is 10.0. The van der Waals surface area contributed by atoms with Gasteiger partial charge >= 0.3 is 0 Å². The van der Waals surface area contributed by atoms with Crippen LogP contribution in [0.1, 0.15) is 115 Å². The van der Waals surface area contributed by atoms with Crippen molar-refractivity contribution >= 4 is 11.8 Å². The van der Waals surface area contributed by atoms with Gasteiger partial charge in [-0.3, -0.25) is 0 Å². The summed E-state index contributed by atoms with van der Waals surface area (Å²) in [7, 11) is 0. The zero-order valence-corrected chi connectivity index (χ0v) is 21.7. The molecule has 1 aliphatic heterocycles. The largest absolute Gasteiger partial charge is 0.478 e. The number of rotatable bonds is 13. The molecule has 176 valence electrons. The maximum absolute atomic E-state index is 6.50. The van der Waals surface area contributed by atoms with E-state index >= 15 is 0 Å². The molecule has 0 fully saturated rings. The summed E-state index contributed by atoms with van der Waals surface area (Å²) in [5.74, 6) is 2.58. The summed E-state index contributed by atoms with van der Waals surface area (Å²) in [6.45, 7) is 9.16. The van der Waals surface area contributed by atoms with Crippen LogP contribution in [0.3, 0.4) is 0 Å². The molecule has 0 saturated heterocycles. The fourth-order valence-electron chi connectivity index (χ4n) is 4.62. The van der Waals surface area contributed by atoms with E-state index in [-0.39, 0.29) is 10.9 Å². The van der Waals surface area contributed by atoms with E-state index in [9.17, 15) is 0 Å². The molecule has 0 unspecified atom stereocenters. The predicted molar refractivity (Wildman–Crippen MR) is 142 cm³/mol. The lowest BCUT2D eigenvalue weighted by Crippen LogP contribution is -2.17. The zero-order chi connectivity index (χ0) is 22.8. The molecule has 0 radical (unpaired) electrons. The molecule has 32 heavy (non-hydrogen) atoms. The van der Waals surface area contributed by atoms with Crippen LogP contribution in [-0.2, 0) is 5.41 Å². The van der Waals surface area contributed by atoms with Crippen LogP contribution in [0.15, 0.2) is 48.5 Å². The Hall–Kier alpha value is -1.41. The number of hydrogen-bond donors (Lipinski definition) is 0. The van der Waals surface area contributed by atoms with Crippen LogP contribution in [0.25, 0.3) is 0 Å². The quantitative estimate of drug-likeness (QED) is 0.280. The lowest BCUT2D eigenvalue weighted by atomic mass is 9.83. The molecule has 0 aromatic heterocycles. The van der Waals surface area contributed by atoms with Crippen molar-refractivity contribution in [2.75, 3.05) is 5.75 Å². The average molecular weight is 453 g/mol. The topological polar surface area (TPSA) is 9.23 Å². The minimum absolute atomic E-state index is 0.150. The lowest BCUT2D eigenvalue weighted by Gasteiger charge is -2.21. The Labute approximate surface area is 201 Å². The van der Waals surface area contributed by atoms with E-state index in [0.29, 0.717) is 5.92 Å². The first-order chi connectivity index (χ1) is 15.5. The van der Waals surface area contributed by atoms with Gasteiger partial charge in [-0.1, -0.05) is 128 Å².